The zero-order chi connectivity index (χ0) is 16.7. The van der Waals surface area contributed by atoms with Crippen molar-refractivity contribution in [2.75, 3.05) is 13.7 Å². The molecular formula is C16H23NO5. The number of hydrogen-bond donors (Lipinski definition) is 2. The summed E-state index contributed by atoms with van der Waals surface area (Å²) in [5.74, 6) is -0.378. The molecule has 0 fully saturated rings. The van der Waals surface area contributed by atoms with Crippen LogP contribution in [0, 0.1) is 12.8 Å². The van der Waals surface area contributed by atoms with Crippen molar-refractivity contribution in [3.63, 3.8) is 0 Å². The third kappa shape index (κ3) is 4.95. The Balaban J connectivity index is 2.58. The molecule has 1 rings (SSSR count). The number of benzene rings is 1. The Morgan fingerprint density at radius 1 is 1.36 bits per heavy atom. The van der Waals surface area contributed by atoms with E-state index in [2.05, 4.69) is 5.32 Å². The minimum absolute atomic E-state index is 0.148. The summed E-state index contributed by atoms with van der Waals surface area (Å²) < 4.78 is 10.5. The first-order valence-corrected chi connectivity index (χ1v) is 7.18. The van der Waals surface area contributed by atoms with E-state index in [1.165, 1.54) is 0 Å². The van der Waals surface area contributed by atoms with Crippen molar-refractivity contribution in [2.45, 2.75) is 33.2 Å². The highest BCUT2D eigenvalue weighted by Crippen LogP contribution is 2.22. The van der Waals surface area contributed by atoms with Gasteiger partial charge in [0.25, 0.3) is 5.91 Å². The van der Waals surface area contributed by atoms with Crippen LogP contribution in [0.2, 0.25) is 0 Å². The van der Waals surface area contributed by atoms with Gasteiger partial charge in [-0.2, -0.15) is 0 Å². The number of carbonyl (C=O) groups excluding carboxylic acids is 1. The molecule has 122 valence electrons. The second-order valence-electron chi connectivity index (χ2n) is 5.19. The second-order valence-corrected chi connectivity index (χ2v) is 5.19. The van der Waals surface area contributed by atoms with Crippen molar-refractivity contribution < 1.29 is 24.2 Å². The number of rotatable bonds is 8. The van der Waals surface area contributed by atoms with Crippen LogP contribution in [0.1, 0.15) is 25.8 Å². The van der Waals surface area contributed by atoms with Gasteiger partial charge >= 0.3 is 5.97 Å². The van der Waals surface area contributed by atoms with Gasteiger partial charge in [0.05, 0.1) is 7.11 Å². The number of carbonyl (C=O) groups is 2. The SMILES string of the molecule is CCC(C)C(NC(=O)COc1ccc(OC)c(C)c1)C(=O)O. The van der Waals surface area contributed by atoms with E-state index in [-0.39, 0.29) is 12.5 Å². The Bertz CT molecular complexity index is 529. The summed E-state index contributed by atoms with van der Waals surface area (Å²) in [5, 5.41) is 11.6. The monoisotopic (exact) mass is 309 g/mol. The number of methoxy groups -OCH3 is 1. The number of amides is 1. The van der Waals surface area contributed by atoms with Gasteiger partial charge in [-0.25, -0.2) is 4.79 Å². The molecule has 0 saturated heterocycles. The summed E-state index contributed by atoms with van der Waals surface area (Å²) in [6, 6.07) is 4.30. The Kier molecular flexibility index (Phi) is 6.69. The molecule has 2 N–H and O–H groups in total. The maximum absolute atomic E-state index is 11.8. The summed E-state index contributed by atoms with van der Waals surface area (Å²) in [6.07, 6.45) is 0.662. The van der Waals surface area contributed by atoms with Crippen LogP contribution >= 0.6 is 0 Å². The molecule has 0 heterocycles. The maximum atomic E-state index is 11.8. The van der Waals surface area contributed by atoms with Crippen molar-refractivity contribution in [1.82, 2.24) is 5.32 Å². The Hall–Kier alpha value is -2.24. The van der Waals surface area contributed by atoms with Gasteiger partial charge in [0, 0.05) is 0 Å². The number of carboxylic acids is 1. The van der Waals surface area contributed by atoms with E-state index in [9.17, 15) is 9.59 Å². The molecule has 0 spiro atoms. The molecule has 6 nitrogen and oxygen atoms in total. The Morgan fingerprint density at radius 3 is 2.55 bits per heavy atom. The molecule has 2 atom stereocenters. The first-order chi connectivity index (χ1) is 10.4. The van der Waals surface area contributed by atoms with Crippen LogP contribution in [0.5, 0.6) is 11.5 Å². The van der Waals surface area contributed by atoms with Gasteiger partial charge in [-0.3, -0.25) is 4.79 Å². The minimum atomic E-state index is -1.04. The molecule has 0 bridgehead atoms. The highest BCUT2D eigenvalue weighted by molar-refractivity contribution is 5.84. The standard InChI is InChI=1S/C16H23NO5/c1-5-10(2)15(16(19)20)17-14(18)9-22-12-6-7-13(21-4)11(3)8-12/h6-8,10,15H,5,9H2,1-4H3,(H,17,18)(H,19,20). The Labute approximate surface area is 130 Å². The van der Waals surface area contributed by atoms with Crippen LogP contribution in [-0.2, 0) is 9.59 Å². The zero-order valence-electron chi connectivity index (χ0n) is 13.4. The van der Waals surface area contributed by atoms with E-state index >= 15 is 0 Å². The molecule has 6 heteroatoms. The predicted octanol–water partition coefficient (Wildman–Crippen LogP) is 2.00. The summed E-state index contributed by atoms with van der Waals surface area (Å²) in [7, 11) is 1.58. The molecule has 1 aromatic rings. The molecular weight excluding hydrogens is 286 g/mol. The molecule has 0 radical (unpaired) electrons. The predicted molar refractivity (Wildman–Crippen MR) is 82.2 cm³/mol. The third-order valence-electron chi connectivity index (χ3n) is 3.53. The van der Waals surface area contributed by atoms with E-state index in [1.807, 2.05) is 13.8 Å². The first kappa shape index (κ1) is 17.8. The van der Waals surface area contributed by atoms with Gasteiger partial charge in [-0.15, -0.1) is 0 Å². The van der Waals surface area contributed by atoms with Crippen molar-refractivity contribution >= 4 is 11.9 Å². The van der Waals surface area contributed by atoms with Gasteiger partial charge in [0.1, 0.15) is 17.5 Å². The smallest absolute Gasteiger partial charge is 0.326 e. The average molecular weight is 309 g/mol. The molecule has 1 aromatic carbocycles. The van der Waals surface area contributed by atoms with Crippen molar-refractivity contribution in [1.29, 1.82) is 0 Å². The van der Waals surface area contributed by atoms with Gasteiger partial charge < -0.3 is 19.9 Å². The number of hydrogen-bond acceptors (Lipinski definition) is 4. The highest BCUT2D eigenvalue weighted by Gasteiger charge is 2.25. The number of aliphatic carboxylic acids is 1. The zero-order valence-corrected chi connectivity index (χ0v) is 13.4. The molecule has 0 aliphatic heterocycles. The summed E-state index contributed by atoms with van der Waals surface area (Å²) in [5.41, 5.74) is 0.892. The van der Waals surface area contributed by atoms with E-state index in [0.29, 0.717) is 12.2 Å². The highest BCUT2D eigenvalue weighted by atomic mass is 16.5. The minimum Gasteiger partial charge on any atom is -0.496 e. The molecule has 0 saturated carbocycles. The lowest BCUT2D eigenvalue weighted by Gasteiger charge is -2.20. The quantitative estimate of drug-likeness (QED) is 0.767. The van der Waals surface area contributed by atoms with E-state index < -0.39 is 17.9 Å². The van der Waals surface area contributed by atoms with E-state index in [0.717, 1.165) is 11.3 Å². The normalized spacial score (nSPS) is 13.1. The summed E-state index contributed by atoms with van der Waals surface area (Å²) in [4.78, 5) is 23.0. The average Bonchev–Trinajstić information content (AvgIpc) is 2.49. The fourth-order valence-electron chi connectivity index (χ4n) is 1.99. The summed E-state index contributed by atoms with van der Waals surface area (Å²) >= 11 is 0. The largest absolute Gasteiger partial charge is 0.496 e. The van der Waals surface area contributed by atoms with Crippen LogP contribution in [0.15, 0.2) is 18.2 Å². The topological polar surface area (TPSA) is 84.9 Å². The fourth-order valence-corrected chi connectivity index (χ4v) is 1.99. The second kappa shape index (κ2) is 8.26. The van der Waals surface area contributed by atoms with Gasteiger partial charge in [0.15, 0.2) is 6.61 Å². The number of ether oxygens (including phenoxy) is 2. The molecule has 0 aliphatic rings. The number of aryl methyl sites for hydroxylation is 1. The molecule has 2 unspecified atom stereocenters. The van der Waals surface area contributed by atoms with Crippen LogP contribution in [0.4, 0.5) is 0 Å². The van der Waals surface area contributed by atoms with E-state index in [1.54, 1.807) is 32.2 Å². The Morgan fingerprint density at radius 2 is 2.05 bits per heavy atom. The van der Waals surface area contributed by atoms with Gasteiger partial charge in [-0.05, 0) is 36.6 Å². The van der Waals surface area contributed by atoms with Crippen LogP contribution in [0.3, 0.4) is 0 Å². The van der Waals surface area contributed by atoms with Gasteiger partial charge in [0.2, 0.25) is 0 Å². The molecule has 0 aromatic heterocycles. The van der Waals surface area contributed by atoms with Crippen molar-refractivity contribution in [2.24, 2.45) is 5.92 Å². The fraction of sp³-hybridized carbons (Fsp3) is 0.500. The van der Waals surface area contributed by atoms with Gasteiger partial charge in [-0.1, -0.05) is 20.3 Å². The molecule has 1 amide bonds. The third-order valence-corrected chi connectivity index (χ3v) is 3.53. The lowest BCUT2D eigenvalue weighted by Crippen LogP contribution is -2.46. The van der Waals surface area contributed by atoms with Crippen LogP contribution in [0.25, 0.3) is 0 Å². The first-order valence-electron chi connectivity index (χ1n) is 7.18. The number of nitrogens with one attached hydrogen (secondary N) is 1. The van der Waals surface area contributed by atoms with Crippen molar-refractivity contribution in [3.05, 3.63) is 23.8 Å². The van der Waals surface area contributed by atoms with Crippen molar-refractivity contribution in [3.8, 4) is 11.5 Å². The van der Waals surface area contributed by atoms with Crippen LogP contribution in [-0.4, -0.2) is 36.7 Å². The number of carboxylic acid groups (broad SMARTS) is 1. The lowest BCUT2D eigenvalue weighted by molar-refractivity contribution is -0.143. The van der Waals surface area contributed by atoms with E-state index in [4.69, 9.17) is 14.6 Å². The van der Waals surface area contributed by atoms with Crippen LogP contribution < -0.4 is 14.8 Å². The lowest BCUT2D eigenvalue weighted by atomic mass is 9.99. The maximum Gasteiger partial charge on any atom is 0.326 e. The molecule has 22 heavy (non-hydrogen) atoms. The summed E-state index contributed by atoms with van der Waals surface area (Å²) in [6.45, 7) is 5.30. The molecule has 0 aliphatic carbocycles.